The molecule has 6 heteroatoms. The third-order valence-corrected chi connectivity index (χ3v) is 6.86. The second-order valence-corrected chi connectivity index (χ2v) is 10.6. The van der Waals surface area contributed by atoms with Gasteiger partial charge in [-0.25, -0.2) is 9.78 Å². The van der Waals surface area contributed by atoms with Gasteiger partial charge in [0.05, 0.1) is 23.0 Å². The van der Waals surface area contributed by atoms with Crippen LogP contribution in [-0.4, -0.2) is 33.9 Å². The summed E-state index contributed by atoms with van der Waals surface area (Å²) < 4.78 is 11.3. The van der Waals surface area contributed by atoms with Crippen molar-refractivity contribution in [3.05, 3.63) is 101 Å². The van der Waals surface area contributed by atoms with E-state index in [0.29, 0.717) is 18.5 Å². The Bertz CT molecular complexity index is 1480. The van der Waals surface area contributed by atoms with Gasteiger partial charge in [-0.3, -0.25) is 4.79 Å². The summed E-state index contributed by atoms with van der Waals surface area (Å²) >= 11 is 0. The van der Waals surface area contributed by atoms with E-state index in [2.05, 4.69) is 0 Å². The van der Waals surface area contributed by atoms with Gasteiger partial charge in [0.15, 0.2) is 6.61 Å². The van der Waals surface area contributed by atoms with Crippen LogP contribution in [0, 0.1) is 0 Å². The number of benzene rings is 2. The van der Waals surface area contributed by atoms with Crippen LogP contribution >= 0.6 is 0 Å². The van der Waals surface area contributed by atoms with Crippen LogP contribution in [0.25, 0.3) is 22.6 Å². The fraction of sp³-hybridized carbons (Fsp3) is 0.281. The Morgan fingerprint density at radius 3 is 2.50 bits per heavy atom. The molecule has 2 heterocycles. The summed E-state index contributed by atoms with van der Waals surface area (Å²) in [7, 11) is 0. The Hall–Kier alpha value is -4.19. The largest absolute Gasteiger partial charge is 0.465 e. The minimum absolute atomic E-state index is 0.236. The Morgan fingerprint density at radius 1 is 1.00 bits per heavy atom. The smallest absolute Gasteiger partial charge is 0.339 e. The number of carbonyl (C=O) groups is 2. The molecule has 0 aliphatic heterocycles. The van der Waals surface area contributed by atoms with Gasteiger partial charge in [-0.2, -0.15) is 0 Å². The van der Waals surface area contributed by atoms with Crippen molar-refractivity contribution in [3.63, 3.8) is 0 Å². The van der Waals surface area contributed by atoms with E-state index < -0.39 is 11.5 Å². The van der Waals surface area contributed by atoms with Gasteiger partial charge in [-0.15, -0.1) is 0 Å². The van der Waals surface area contributed by atoms with Crippen LogP contribution in [0.15, 0.2) is 77.4 Å². The molecule has 0 saturated carbocycles. The second-order valence-electron chi connectivity index (χ2n) is 10.6. The van der Waals surface area contributed by atoms with Crippen LogP contribution in [0.4, 0.5) is 0 Å². The summed E-state index contributed by atoms with van der Waals surface area (Å²) in [6, 6.07) is 21.2. The van der Waals surface area contributed by atoms with Crippen LogP contribution < -0.4 is 0 Å². The Kier molecular flexibility index (Phi) is 7.14. The molecule has 1 aliphatic rings. The van der Waals surface area contributed by atoms with Crippen molar-refractivity contribution >= 4 is 34.4 Å². The number of pyridine rings is 1. The van der Waals surface area contributed by atoms with Gasteiger partial charge in [-0.1, -0.05) is 48.5 Å². The third kappa shape index (κ3) is 5.40. The molecule has 0 spiro atoms. The number of hydrogen-bond acceptors (Lipinski definition) is 5. The SMILES string of the molecule is CC(C)(C)N(Cc1ccccc1)C(=O)COC(=O)c1c2c(nc3ccccc13)C(=Cc1ccco1)CCC2. The van der Waals surface area contributed by atoms with Crippen molar-refractivity contribution < 1.29 is 18.7 Å². The van der Waals surface area contributed by atoms with E-state index in [4.69, 9.17) is 14.1 Å². The molecule has 2 aromatic carbocycles. The van der Waals surface area contributed by atoms with Gasteiger partial charge in [-0.05, 0) is 81.0 Å². The van der Waals surface area contributed by atoms with Gasteiger partial charge in [0.1, 0.15) is 5.76 Å². The first-order chi connectivity index (χ1) is 18.3. The summed E-state index contributed by atoms with van der Waals surface area (Å²) in [5.74, 6) is 0.0135. The maximum absolute atomic E-state index is 13.6. The summed E-state index contributed by atoms with van der Waals surface area (Å²) in [5.41, 5.74) is 4.48. The lowest BCUT2D eigenvalue weighted by Gasteiger charge is -2.35. The average Bonchev–Trinajstić information content (AvgIpc) is 3.42. The summed E-state index contributed by atoms with van der Waals surface area (Å²) in [6.07, 6.45) is 6.06. The molecule has 6 nitrogen and oxygen atoms in total. The molecule has 1 amide bonds. The zero-order valence-electron chi connectivity index (χ0n) is 22.1. The molecule has 4 aromatic rings. The molecule has 38 heavy (non-hydrogen) atoms. The first-order valence-corrected chi connectivity index (χ1v) is 13.0. The average molecular weight is 509 g/mol. The summed E-state index contributed by atoms with van der Waals surface area (Å²) in [5, 5.41) is 0.736. The van der Waals surface area contributed by atoms with Gasteiger partial charge in [0, 0.05) is 17.5 Å². The minimum Gasteiger partial charge on any atom is -0.465 e. The molecule has 2 aromatic heterocycles. The van der Waals surface area contributed by atoms with Crippen molar-refractivity contribution in [1.82, 2.24) is 9.88 Å². The minimum atomic E-state index is -0.499. The van der Waals surface area contributed by atoms with E-state index in [1.807, 2.05) is 93.6 Å². The van der Waals surface area contributed by atoms with Crippen molar-refractivity contribution in [2.24, 2.45) is 0 Å². The molecule has 194 valence electrons. The predicted molar refractivity (Wildman–Crippen MR) is 148 cm³/mol. The Balaban J connectivity index is 1.45. The second kappa shape index (κ2) is 10.7. The number of rotatable bonds is 6. The number of amides is 1. The number of allylic oxidation sites excluding steroid dienone is 1. The highest BCUT2D eigenvalue weighted by Gasteiger charge is 2.30. The number of hydrogen-bond donors (Lipinski definition) is 0. The molecule has 0 radical (unpaired) electrons. The number of ether oxygens (including phenoxy) is 1. The van der Waals surface area contributed by atoms with Crippen LogP contribution in [0.3, 0.4) is 0 Å². The zero-order chi connectivity index (χ0) is 26.7. The highest BCUT2D eigenvalue weighted by Crippen LogP contribution is 2.36. The number of nitrogens with zero attached hydrogens (tertiary/aromatic N) is 2. The highest BCUT2D eigenvalue weighted by molar-refractivity contribution is 6.07. The predicted octanol–water partition coefficient (Wildman–Crippen LogP) is 6.69. The van der Waals surface area contributed by atoms with E-state index in [-0.39, 0.29) is 12.5 Å². The van der Waals surface area contributed by atoms with Gasteiger partial charge >= 0.3 is 5.97 Å². The molecule has 0 bridgehead atoms. The van der Waals surface area contributed by atoms with Crippen molar-refractivity contribution in [3.8, 4) is 0 Å². The lowest BCUT2D eigenvalue weighted by Crippen LogP contribution is -2.46. The van der Waals surface area contributed by atoms with E-state index >= 15 is 0 Å². The standard InChI is InChI=1S/C32H32N2O4/c1-32(2,3)34(20-22-11-5-4-6-12-22)28(35)21-38-31(36)29-25-15-7-8-17-27(25)33-30-23(13-9-16-26(29)30)19-24-14-10-18-37-24/h4-8,10-12,14-15,17-19H,9,13,16,20-21H2,1-3H3. The lowest BCUT2D eigenvalue weighted by atomic mass is 9.86. The molecular formula is C32H32N2O4. The van der Waals surface area contributed by atoms with Crippen molar-refractivity contribution in [1.29, 1.82) is 0 Å². The molecule has 0 saturated heterocycles. The van der Waals surface area contributed by atoms with Gasteiger partial charge in [0.2, 0.25) is 0 Å². The summed E-state index contributed by atoms with van der Waals surface area (Å²) in [6.45, 7) is 6.05. The van der Waals surface area contributed by atoms with Crippen molar-refractivity contribution in [2.75, 3.05) is 6.61 Å². The highest BCUT2D eigenvalue weighted by atomic mass is 16.5. The number of aromatic nitrogens is 1. The van der Waals surface area contributed by atoms with Crippen molar-refractivity contribution in [2.45, 2.75) is 52.1 Å². The molecule has 0 N–H and O–H groups in total. The maximum atomic E-state index is 13.6. The monoisotopic (exact) mass is 508 g/mol. The molecule has 0 unspecified atom stereocenters. The lowest BCUT2D eigenvalue weighted by molar-refractivity contribution is -0.140. The van der Waals surface area contributed by atoms with Crippen LogP contribution in [0.2, 0.25) is 0 Å². The molecule has 0 atom stereocenters. The van der Waals surface area contributed by atoms with Gasteiger partial charge in [0.25, 0.3) is 5.91 Å². The first-order valence-electron chi connectivity index (χ1n) is 13.0. The first kappa shape index (κ1) is 25.5. The maximum Gasteiger partial charge on any atom is 0.339 e. The molecule has 0 fully saturated rings. The van der Waals surface area contributed by atoms with Crippen LogP contribution in [0.5, 0.6) is 0 Å². The number of fused-ring (bicyclic) bond motifs is 2. The summed E-state index contributed by atoms with van der Waals surface area (Å²) in [4.78, 5) is 33.6. The number of carbonyl (C=O) groups excluding carboxylic acids is 2. The molecule has 1 aliphatic carbocycles. The quantitative estimate of drug-likeness (QED) is 0.271. The van der Waals surface area contributed by atoms with Crippen LogP contribution in [-0.2, 0) is 22.5 Å². The fourth-order valence-electron chi connectivity index (χ4n) is 5.00. The van der Waals surface area contributed by atoms with E-state index in [1.54, 1.807) is 11.2 Å². The third-order valence-electron chi connectivity index (χ3n) is 6.86. The number of para-hydroxylation sites is 1. The Morgan fingerprint density at radius 2 is 1.76 bits per heavy atom. The van der Waals surface area contributed by atoms with E-state index in [0.717, 1.165) is 51.9 Å². The zero-order valence-corrected chi connectivity index (χ0v) is 22.1. The fourth-order valence-corrected chi connectivity index (χ4v) is 5.00. The topological polar surface area (TPSA) is 72.6 Å². The van der Waals surface area contributed by atoms with Gasteiger partial charge < -0.3 is 14.1 Å². The van der Waals surface area contributed by atoms with E-state index in [1.165, 1.54) is 0 Å². The molecule has 5 rings (SSSR count). The number of furan rings is 1. The van der Waals surface area contributed by atoms with E-state index in [9.17, 15) is 9.59 Å². The van der Waals surface area contributed by atoms with Crippen LogP contribution in [0.1, 0.15) is 66.6 Å². The number of esters is 1. The normalized spacial score (nSPS) is 14.3. The Labute approximate surface area is 222 Å². The molecular weight excluding hydrogens is 476 g/mol.